The number of carbonyl (C=O) groups excluding carboxylic acids is 1. The Hall–Kier alpha value is -1.49. The van der Waals surface area contributed by atoms with Crippen LogP contribution >= 0.6 is 0 Å². The molecule has 1 heterocycles. The summed E-state index contributed by atoms with van der Waals surface area (Å²) in [6, 6.07) is 2.99. The summed E-state index contributed by atoms with van der Waals surface area (Å²) in [5.41, 5.74) is 0.163. The lowest BCUT2D eigenvalue weighted by atomic mass is 9.94. The number of amides is 1. The molecule has 1 fully saturated rings. The highest BCUT2D eigenvalue weighted by Crippen LogP contribution is 2.18. The maximum Gasteiger partial charge on any atom is 0.224 e. The van der Waals surface area contributed by atoms with Crippen LogP contribution in [0.2, 0.25) is 0 Å². The van der Waals surface area contributed by atoms with Crippen LogP contribution in [0.15, 0.2) is 18.2 Å². The number of hydrogen-bond donors (Lipinski definition) is 1. The maximum absolute atomic E-state index is 13.0. The molecule has 1 aliphatic heterocycles. The highest BCUT2D eigenvalue weighted by atomic mass is 19.1. The van der Waals surface area contributed by atoms with Crippen molar-refractivity contribution >= 4 is 11.6 Å². The van der Waals surface area contributed by atoms with Crippen LogP contribution < -0.4 is 10.6 Å². The molecule has 5 heteroatoms. The number of benzene rings is 1. The molecule has 1 radical (unpaired) electrons. The molecule has 0 aromatic heterocycles. The number of anilines is 1. The third-order valence-electron chi connectivity index (χ3n) is 3.24. The zero-order valence-corrected chi connectivity index (χ0v) is 10.7. The molecule has 1 aromatic carbocycles. The summed E-state index contributed by atoms with van der Waals surface area (Å²) in [4.78, 5) is 11.7. The first-order valence-electron chi connectivity index (χ1n) is 6.52. The van der Waals surface area contributed by atoms with Crippen molar-refractivity contribution in [1.82, 2.24) is 5.32 Å². The summed E-state index contributed by atoms with van der Waals surface area (Å²) >= 11 is 0. The summed E-state index contributed by atoms with van der Waals surface area (Å²) < 4.78 is 25.9. The van der Waals surface area contributed by atoms with Gasteiger partial charge in [-0.3, -0.25) is 4.79 Å². The third-order valence-corrected chi connectivity index (χ3v) is 3.24. The van der Waals surface area contributed by atoms with E-state index >= 15 is 0 Å². The Balaban J connectivity index is 1.80. The number of hydrogen-bond acceptors (Lipinski definition) is 1. The monoisotopic (exact) mass is 267 g/mol. The van der Waals surface area contributed by atoms with Crippen molar-refractivity contribution in [1.29, 1.82) is 0 Å². The van der Waals surface area contributed by atoms with Crippen LogP contribution in [-0.2, 0) is 4.79 Å². The summed E-state index contributed by atoms with van der Waals surface area (Å²) in [6.07, 6.45) is 3.32. The quantitative estimate of drug-likeness (QED) is 0.895. The smallest absolute Gasteiger partial charge is 0.224 e. The fourth-order valence-corrected chi connectivity index (χ4v) is 2.28. The fourth-order valence-electron chi connectivity index (χ4n) is 2.28. The van der Waals surface area contributed by atoms with Gasteiger partial charge in [-0.2, -0.15) is 0 Å². The molecule has 0 spiro atoms. The first kappa shape index (κ1) is 13.9. The number of nitrogens with one attached hydrogen (secondary N) is 1. The second kappa shape index (κ2) is 6.61. The van der Waals surface area contributed by atoms with Gasteiger partial charge in [-0.1, -0.05) is 0 Å². The minimum absolute atomic E-state index is 0.163. The van der Waals surface area contributed by atoms with E-state index < -0.39 is 11.6 Å². The first-order valence-corrected chi connectivity index (χ1v) is 6.52. The molecule has 1 aliphatic rings. The van der Waals surface area contributed by atoms with Crippen LogP contribution in [0, 0.1) is 17.6 Å². The number of nitrogens with zero attached hydrogens (tertiary/aromatic N) is 1. The normalized spacial score (nSPS) is 19.2. The lowest BCUT2D eigenvalue weighted by Crippen LogP contribution is -2.25. The zero-order valence-electron chi connectivity index (χ0n) is 10.7. The molecular formula is C14H17F2N2O. The second-order valence-corrected chi connectivity index (χ2v) is 4.88. The van der Waals surface area contributed by atoms with Gasteiger partial charge in [-0.05, 0) is 37.3 Å². The Morgan fingerprint density at radius 1 is 1.32 bits per heavy atom. The van der Waals surface area contributed by atoms with E-state index in [9.17, 15) is 13.6 Å². The van der Waals surface area contributed by atoms with E-state index in [0.717, 1.165) is 50.6 Å². The molecule has 1 unspecified atom stereocenters. The van der Waals surface area contributed by atoms with Crippen molar-refractivity contribution in [2.24, 2.45) is 5.92 Å². The Morgan fingerprint density at radius 2 is 2.05 bits per heavy atom. The van der Waals surface area contributed by atoms with E-state index in [1.807, 2.05) is 0 Å². The van der Waals surface area contributed by atoms with Crippen molar-refractivity contribution in [2.75, 3.05) is 18.4 Å². The summed E-state index contributed by atoms with van der Waals surface area (Å²) in [5, 5.41) is 6.83. The predicted octanol–water partition coefficient (Wildman–Crippen LogP) is 2.70. The van der Waals surface area contributed by atoms with Gasteiger partial charge in [0.15, 0.2) is 0 Å². The largest absolute Gasteiger partial charge is 0.326 e. The fraction of sp³-hybridized carbons (Fsp3) is 0.500. The molecule has 1 N–H and O–H groups in total. The van der Waals surface area contributed by atoms with Crippen LogP contribution in [0.5, 0.6) is 0 Å². The van der Waals surface area contributed by atoms with E-state index in [1.54, 1.807) is 0 Å². The molecule has 19 heavy (non-hydrogen) atoms. The van der Waals surface area contributed by atoms with Crippen LogP contribution in [-0.4, -0.2) is 19.0 Å². The summed E-state index contributed by atoms with van der Waals surface area (Å²) in [5.74, 6) is -1.14. The van der Waals surface area contributed by atoms with Crippen LogP contribution in [0.3, 0.4) is 0 Å². The van der Waals surface area contributed by atoms with E-state index in [0.29, 0.717) is 12.3 Å². The van der Waals surface area contributed by atoms with Crippen molar-refractivity contribution in [3.8, 4) is 0 Å². The van der Waals surface area contributed by atoms with Crippen LogP contribution in [0.4, 0.5) is 14.5 Å². The van der Waals surface area contributed by atoms with E-state index in [1.165, 1.54) is 0 Å². The van der Waals surface area contributed by atoms with Gasteiger partial charge in [-0.15, -0.1) is 0 Å². The van der Waals surface area contributed by atoms with Crippen molar-refractivity contribution < 1.29 is 13.6 Å². The second-order valence-electron chi connectivity index (χ2n) is 4.88. The molecule has 1 saturated heterocycles. The van der Waals surface area contributed by atoms with Gasteiger partial charge in [0.1, 0.15) is 11.6 Å². The Morgan fingerprint density at radius 3 is 2.68 bits per heavy atom. The molecule has 0 saturated carbocycles. The topological polar surface area (TPSA) is 43.2 Å². The Bertz CT molecular complexity index is 425. The Labute approximate surface area is 111 Å². The molecule has 1 atom stereocenters. The van der Waals surface area contributed by atoms with Crippen molar-refractivity contribution in [2.45, 2.75) is 25.7 Å². The van der Waals surface area contributed by atoms with Gasteiger partial charge in [-0.25, -0.2) is 14.1 Å². The SMILES string of the molecule is O=C(CCC1CCC[N]C1)Nc1cc(F)cc(F)c1. The number of carbonyl (C=O) groups is 1. The minimum atomic E-state index is -0.693. The highest BCUT2D eigenvalue weighted by molar-refractivity contribution is 5.90. The van der Waals surface area contributed by atoms with E-state index in [4.69, 9.17) is 0 Å². The Kier molecular flexibility index (Phi) is 4.85. The van der Waals surface area contributed by atoms with E-state index in [-0.39, 0.29) is 11.6 Å². The summed E-state index contributed by atoms with van der Waals surface area (Å²) in [7, 11) is 0. The van der Waals surface area contributed by atoms with Gasteiger partial charge < -0.3 is 5.32 Å². The lowest BCUT2D eigenvalue weighted by molar-refractivity contribution is -0.116. The molecule has 0 bridgehead atoms. The lowest BCUT2D eigenvalue weighted by Gasteiger charge is -2.20. The van der Waals surface area contributed by atoms with Gasteiger partial charge in [0.05, 0.1) is 0 Å². The molecule has 2 rings (SSSR count). The van der Waals surface area contributed by atoms with E-state index in [2.05, 4.69) is 10.6 Å². The molecule has 3 nitrogen and oxygen atoms in total. The molecule has 0 aliphatic carbocycles. The van der Waals surface area contributed by atoms with Gasteiger partial charge in [0.25, 0.3) is 0 Å². The average molecular weight is 267 g/mol. The highest BCUT2D eigenvalue weighted by Gasteiger charge is 2.15. The van der Waals surface area contributed by atoms with Gasteiger partial charge >= 0.3 is 0 Å². The predicted molar refractivity (Wildman–Crippen MR) is 68.8 cm³/mol. The molecule has 1 aromatic rings. The zero-order chi connectivity index (χ0) is 13.7. The molecule has 103 valence electrons. The molecule has 1 amide bonds. The standard InChI is InChI=1S/C14H17F2N2O/c15-11-6-12(16)8-13(7-11)18-14(19)4-3-10-2-1-5-17-9-10/h6-8,10H,1-5,9H2,(H,18,19). The maximum atomic E-state index is 13.0. The van der Waals surface area contributed by atoms with Crippen LogP contribution in [0.1, 0.15) is 25.7 Å². The number of halogens is 2. The number of rotatable bonds is 4. The van der Waals surface area contributed by atoms with Crippen molar-refractivity contribution in [3.63, 3.8) is 0 Å². The third kappa shape index (κ3) is 4.59. The first-order chi connectivity index (χ1) is 9.13. The minimum Gasteiger partial charge on any atom is -0.326 e. The van der Waals surface area contributed by atoms with Gasteiger partial charge in [0, 0.05) is 31.3 Å². The van der Waals surface area contributed by atoms with Gasteiger partial charge in [0.2, 0.25) is 5.91 Å². The van der Waals surface area contributed by atoms with Crippen LogP contribution in [0.25, 0.3) is 0 Å². The number of piperidine rings is 1. The average Bonchev–Trinajstić information content (AvgIpc) is 2.36. The summed E-state index contributed by atoms with van der Waals surface area (Å²) in [6.45, 7) is 1.74. The van der Waals surface area contributed by atoms with Crippen molar-refractivity contribution in [3.05, 3.63) is 29.8 Å². The molecular weight excluding hydrogens is 250 g/mol.